The van der Waals surface area contributed by atoms with Gasteiger partial charge in [-0.2, -0.15) is 0 Å². The number of likely N-dealkylation sites (tertiary alicyclic amines) is 1. The topological polar surface area (TPSA) is 105 Å². The zero-order valence-corrected chi connectivity index (χ0v) is 18.0. The SMILES string of the molecule is O=CC(C(=O)N1CCC[C@H](C(=O)O)C1)c1ccc2c(-c3cccc(F)c3Cl)cc(=O)oc2c1. The number of aliphatic carboxylic acids is 1. The lowest BCUT2D eigenvalue weighted by Crippen LogP contribution is -2.44. The molecule has 1 N–H and O–H groups in total. The van der Waals surface area contributed by atoms with Gasteiger partial charge in [0.1, 0.15) is 23.6 Å². The van der Waals surface area contributed by atoms with Gasteiger partial charge in [0.2, 0.25) is 5.91 Å². The average Bonchev–Trinajstić information content (AvgIpc) is 2.80. The molecule has 1 amide bonds. The van der Waals surface area contributed by atoms with Crippen LogP contribution in [0.2, 0.25) is 5.02 Å². The van der Waals surface area contributed by atoms with E-state index in [0.29, 0.717) is 47.7 Å². The van der Waals surface area contributed by atoms with Crippen LogP contribution in [0, 0.1) is 11.7 Å². The monoisotopic (exact) mass is 471 g/mol. The number of aldehydes is 1. The molecular weight excluding hydrogens is 453 g/mol. The largest absolute Gasteiger partial charge is 0.481 e. The second-order valence-electron chi connectivity index (χ2n) is 7.91. The van der Waals surface area contributed by atoms with Crippen LogP contribution in [-0.4, -0.2) is 41.3 Å². The van der Waals surface area contributed by atoms with Crippen molar-refractivity contribution in [2.75, 3.05) is 13.1 Å². The standard InChI is InChI=1S/C24H19ClFNO6/c25-22-16(4-1-5-19(22)26)17-10-21(29)33-20-9-13(6-7-15(17)20)18(12-28)23(30)27-8-2-3-14(11-27)24(31)32/h1,4-7,9-10,12,14,18H,2-3,8,11H2,(H,31,32)/t14-,18?/m0/s1. The van der Waals surface area contributed by atoms with Gasteiger partial charge in [-0.3, -0.25) is 9.59 Å². The first kappa shape index (κ1) is 22.7. The number of piperidine rings is 1. The van der Waals surface area contributed by atoms with Gasteiger partial charge in [-0.1, -0.05) is 35.9 Å². The Hall–Kier alpha value is -3.52. The number of nitrogens with zero attached hydrogens (tertiary/aromatic N) is 1. The van der Waals surface area contributed by atoms with Gasteiger partial charge < -0.3 is 19.2 Å². The summed E-state index contributed by atoms with van der Waals surface area (Å²) >= 11 is 6.10. The van der Waals surface area contributed by atoms with Gasteiger partial charge in [-0.05, 0) is 30.5 Å². The Labute approximate surface area is 192 Å². The molecule has 1 aliphatic rings. The first-order chi connectivity index (χ1) is 15.8. The summed E-state index contributed by atoms with van der Waals surface area (Å²) in [5.41, 5.74) is 0.358. The van der Waals surface area contributed by atoms with Gasteiger partial charge in [-0.15, -0.1) is 0 Å². The predicted octanol–water partition coefficient (Wildman–Crippen LogP) is 3.86. The van der Waals surface area contributed by atoms with Crippen LogP contribution in [0.15, 0.2) is 51.7 Å². The molecule has 1 saturated heterocycles. The first-order valence-electron chi connectivity index (χ1n) is 10.3. The van der Waals surface area contributed by atoms with Crippen molar-refractivity contribution >= 4 is 40.7 Å². The van der Waals surface area contributed by atoms with Gasteiger partial charge in [0, 0.05) is 35.7 Å². The van der Waals surface area contributed by atoms with Crippen LogP contribution in [0.25, 0.3) is 22.1 Å². The van der Waals surface area contributed by atoms with E-state index in [1.807, 2.05) is 0 Å². The Morgan fingerprint density at radius 2 is 2.00 bits per heavy atom. The maximum absolute atomic E-state index is 14.0. The Balaban J connectivity index is 1.73. The molecule has 7 nitrogen and oxygen atoms in total. The minimum absolute atomic E-state index is 0.0311. The third kappa shape index (κ3) is 4.39. The number of fused-ring (bicyclic) bond motifs is 1. The zero-order valence-electron chi connectivity index (χ0n) is 17.3. The van der Waals surface area contributed by atoms with Crippen molar-refractivity contribution in [1.29, 1.82) is 0 Å². The van der Waals surface area contributed by atoms with Crippen LogP contribution in [0.1, 0.15) is 24.3 Å². The quantitative estimate of drug-likeness (QED) is 0.344. The van der Waals surface area contributed by atoms with Crippen molar-refractivity contribution in [3.05, 3.63) is 69.3 Å². The van der Waals surface area contributed by atoms with E-state index >= 15 is 0 Å². The van der Waals surface area contributed by atoms with Crippen molar-refractivity contribution in [2.45, 2.75) is 18.8 Å². The smallest absolute Gasteiger partial charge is 0.336 e. The number of rotatable bonds is 5. The number of carbonyl (C=O) groups excluding carboxylic acids is 2. The normalized spacial score (nSPS) is 17.0. The maximum Gasteiger partial charge on any atom is 0.336 e. The van der Waals surface area contributed by atoms with Crippen LogP contribution in [-0.2, 0) is 14.4 Å². The molecule has 170 valence electrons. The molecule has 3 aromatic rings. The average molecular weight is 472 g/mol. The van der Waals surface area contributed by atoms with E-state index in [0.717, 1.165) is 0 Å². The zero-order chi connectivity index (χ0) is 23.7. The van der Waals surface area contributed by atoms with Crippen LogP contribution in [0.5, 0.6) is 0 Å². The first-order valence-corrected chi connectivity index (χ1v) is 10.7. The van der Waals surface area contributed by atoms with E-state index in [9.17, 15) is 28.7 Å². The van der Waals surface area contributed by atoms with Gasteiger partial charge in [0.15, 0.2) is 0 Å². The minimum atomic E-state index is -1.19. The summed E-state index contributed by atoms with van der Waals surface area (Å²) in [6.45, 7) is 0.390. The number of carboxylic acid groups (broad SMARTS) is 1. The summed E-state index contributed by atoms with van der Waals surface area (Å²) < 4.78 is 19.3. The third-order valence-electron chi connectivity index (χ3n) is 5.85. The van der Waals surface area contributed by atoms with E-state index in [4.69, 9.17) is 16.0 Å². The van der Waals surface area contributed by atoms with E-state index in [-0.39, 0.29) is 17.2 Å². The fourth-order valence-corrected chi connectivity index (χ4v) is 4.39. The van der Waals surface area contributed by atoms with Crippen molar-refractivity contribution in [3.8, 4) is 11.1 Å². The van der Waals surface area contributed by atoms with Gasteiger partial charge in [0.25, 0.3) is 0 Å². The summed E-state index contributed by atoms with van der Waals surface area (Å²) in [7, 11) is 0. The molecule has 33 heavy (non-hydrogen) atoms. The van der Waals surface area contributed by atoms with Crippen molar-refractivity contribution in [3.63, 3.8) is 0 Å². The summed E-state index contributed by atoms with van der Waals surface area (Å²) in [5, 5.41) is 9.57. The van der Waals surface area contributed by atoms with E-state index < -0.39 is 35.2 Å². The molecule has 2 atom stereocenters. The number of hydrogen-bond donors (Lipinski definition) is 1. The van der Waals surface area contributed by atoms with Crippen LogP contribution < -0.4 is 5.63 Å². The van der Waals surface area contributed by atoms with Gasteiger partial charge in [-0.25, -0.2) is 9.18 Å². The number of carboxylic acids is 1. The van der Waals surface area contributed by atoms with Crippen LogP contribution in [0.3, 0.4) is 0 Å². The van der Waals surface area contributed by atoms with Crippen molar-refractivity contribution in [1.82, 2.24) is 4.90 Å². The fraction of sp³-hybridized carbons (Fsp3) is 0.250. The summed E-state index contributed by atoms with van der Waals surface area (Å²) in [6, 6.07) is 9.98. The lowest BCUT2D eigenvalue weighted by atomic mass is 9.93. The Morgan fingerprint density at radius 3 is 2.73 bits per heavy atom. The Kier molecular flexibility index (Phi) is 6.29. The number of halogens is 2. The summed E-state index contributed by atoms with van der Waals surface area (Å²) in [4.78, 5) is 49.8. The molecule has 0 saturated carbocycles. The molecule has 1 aromatic heterocycles. The van der Waals surface area contributed by atoms with Gasteiger partial charge >= 0.3 is 11.6 Å². The lowest BCUT2D eigenvalue weighted by Gasteiger charge is -2.32. The van der Waals surface area contributed by atoms with Gasteiger partial charge in [0.05, 0.1) is 10.9 Å². The maximum atomic E-state index is 14.0. The summed E-state index contributed by atoms with van der Waals surface area (Å²) in [5.74, 6) is -4.00. The molecular formula is C24H19ClFNO6. The number of amides is 1. The van der Waals surface area contributed by atoms with E-state index in [1.165, 1.54) is 29.2 Å². The number of hydrogen-bond acceptors (Lipinski definition) is 5. The number of benzene rings is 2. The molecule has 9 heteroatoms. The molecule has 0 bridgehead atoms. The molecule has 1 fully saturated rings. The molecule has 0 spiro atoms. The molecule has 0 radical (unpaired) electrons. The van der Waals surface area contributed by atoms with Crippen molar-refractivity contribution in [2.24, 2.45) is 5.92 Å². The minimum Gasteiger partial charge on any atom is -0.481 e. The van der Waals surface area contributed by atoms with E-state index in [1.54, 1.807) is 18.2 Å². The predicted molar refractivity (Wildman–Crippen MR) is 119 cm³/mol. The Morgan fingerprint density at radius 1 is 1.21 bits per heavy atom. The van der Waals surface area contributed by atoms with Crippen molar-refractivity contribution < 1.29 is 28.3 Å². The lowest BCUT2D eigenvalue weighted by molar-refractivity contribution is -0.146. The fourth-order valence-electron chi connectivity index (χ4n) is 4.16. The third-order valence-corrected chi connectivity index (χ3v) is 6.24. The molecule has 0 aliphatic carbocycles. The highest BCUT2D eigenvalue weighted by atomic mass is 35.5. The Bertz CT molecular complexity index is 1320. The van der Waals surface area contributed by atoms with Crippen LogP contribution >= 0.6 is 11.6 Å². The summed E-state index contributed by atoms with van der Waals surface area (Å²) in [6.07, 6.45) is 1.48. The van der Waals surface area contributed by atoms with Crippen LogP contribution in [0.4, 0.5) is 4.39 Å². The molecule has 4 rings (SSSR count). The highest BCUT2D eigenvalue weighted by Gasteiger charge is 2.32. The highest BCUT2D eigenvalue weighted by molar-refractivity contribution is 6.33. The number of carbonyl (C=O) groups is 3. The second kappa shape index (κ2) is 9.15. The van der Waals surface area contributed by atoms with E-state index in [2.05, 4.69) is 0 Å². The highest BCUT2D eigenvalue weighted by Crippen LogP contribution is 2.35. The second-order valence-corrected chi connectivity index (χ2v) is 8.29. The molecule has 1 unspecified atom stereocenters. The molecule has 2 aromatic carbocycles. The molecule has 2 heterocycles. The molecule has 1 aliphatic heterocycles.